The van der Waals surface area contributed by atoms with Crippen LogP contribution in [0.1, 0.15) is 24.4 Å². The molecule has 0 radical (unpaired) electrons. The first kappa shape index (κ1) is 13.8. The van der Waals surface area contributed by atoms with Crippen molar-refractivity contribution in [3.63, 3.8) is 0 Å². The van der Waals surface area contributed by atoms with E-state index in [2.05, 4.69) is 22.2 Å². The zero-order chi connectivity index (χ0) is 14.7. The van der Waals surface area contributed by atoms with Crippen molar-refractivity contribution in [2.75, 3.05) is 20.3 Å². The van der Waals surface area contributed by atoms with Crippen molar-refractivity contribution in [3.05, 3.63) is 35.9 Å². The molecule has 1 aromatic heterocycles. The Morgan fingerprint density at radius 1 is 1.38 bits per heavy atom. The Balaban J connectivity index is 1.73. The summed E-state index contributed by atoms with van der Waals surface area (Å²) < 4.78 is 16.6. The summed E-state index contributed by atoms with van der Waals surface area (Å²) in [6, 6.07) is 4.09. The number of aromatic amines is 1. The minimum Gasteiger partial charge on any atom is -0.493 e. The van der Waals surface area contributed by atoms with Gasteiger partial charge in [-0.1, -0.05) is 0 Å². The standard InChI is InChI=1S/C15H19N3O3/c1-10(15-16-3-4-17-15)18-9-11-7-12(19-2)14-13(8-11)20-5-6-21-14/h3-4,7-8,10,18H,5-6,9H2,1-2H3,(H,16,17). The monoisotopic (exact) mass is 289 g/mol. The molecule has 0 saturated heterocycles. The molecule has 0 amide bonds. The first-order chi connectivity index (χ1) is 10.3. The summed E-state index contributed by atoms with van der Waals surface area (Å²) in [5, 5.41) is 3.41. The number of methoxy groups -OCH3 is 1. The molecule has 0 saturated carbocycles. The SMILES string of the molecule is COc1cc(CNC(C)c2ncc[nH]2)cc2c1OCCO2. The lowest BCUT2D eigenvalue weighted by atomic mass is 10.1. The summed E-state index contributed by atoms with van der Waals surface area (Å²) in [6.07, 6.45) is 3.57. The van der Waals surface area contributed by atoms with Crippen molar-refractivity contribution < 1.29 is 14.2 Å². The van der Waals surface area contributed by atoms with E-state index in [9.17, 15) is 0 Å². The predicted molar refractivity (Wildman–Crippen MR) is 77.8 cm³/mol. The summed E-state index contributed by atoms with van der Waals surface area (Å²) >= 11 is 0. The highest BCUT2D eigenvalue weighted by Crippen LogP contribution is 2.40. The van der Waals surface area contributed by atoms with Crippen LogP contribution in [-0.4, -0.2) is 30.3 Å². The van der Waals surface area contributed by atoms with E-state index >= 15 is 0 Å². The van der Waals surface area contributed by atoms with Gasteiger partial charge in [-0.05, 0) is 24.6 Å². The lowest BCUT2D eigenvalue weighted by Crippen LogP contribution is -2.20. The third-order valence-corrected chi connectivity index (χ3v) is 3.43. The molecule has 1 aliphatic heterocycles. The number of nitrogens with one attached hydrogen (secondary N) is 2. The minimum atomic E-state index is 0.138. The number of imidazole rings is 1. The Morgan fingerprint density at radius 3 is 3.00 bits per heavy atom. The van der Waals surface area contributed by atoms with Crippen molar-refractivity contribution >= 4 is 0 Å². The second kappa shape index (κ2) is 6.05. The number of ether oxygens (including phenoxy) is 3. The quantitative estimate of drug-likeness (QED) is 0.881. The van der Waals surface area contributed by atoms with Crippen molar-refractivity contribution in [2.45, 2.75) is 19.5 Å². The van der Waals surface area contributed by atoms with Crippen LogP contribution in [0.4, 0.5) is 0 Å². The highest BCUT2D eigenvalue weighted by atomic mass is 16.6. The normalized spacial score (nSPS) is 14.8. The molecular weight excluding hydrogens is 270 g/mol. The van der Waals surface area contributed by atoms with Crippen molar-refractivity contribution in [3.8, 4) is 17.2 Å². The summed E-state index contributed by atoms with van der Waals surface area (Å²) in [6.45, 7) is 3.87. The van der Waals surface area contributed by atoms with Crippen LogP contribution >= 0.6 is 0 Å². The summed E-state index contributed by atoms with van der Waals surface area (Å²) in [7, 11) is 1.64. The number of rotatable bonds is 5. The lowest BCUT2D eigenvalue weighted by Gasteiger charge is -2.22. The van der Waals surface area contributed by atoms with Gasteiger partial charge in [0, 0.05) is 18.9 Å². The largest absolute Gasteiger partial charge is 0.493 e. The molecule has 2 N–H and O–H groups in total. The third-order valence-electron chi connectivity index (χ3n) is 3.43. The Bertz CT molecular complexity index is 581. The van der Waals surface area contributed by atoms with Crippen LogP contribution in [0, 0.1) is 0 Å². The molecule has 1 atom stereocenters. The van der Waals surface area contributed by atoms with Crippen LogP contribution in [0.15, 0.2) is 24.5 Å². The summed E-state index contributed by atoms with van der Waals surface area (Å²) in [5.41, 5.74) is 1.08. The highest BCUT2D eigenvalue weighted by Gasteiger charge is 2.18. The average Bonchev–Trinajstić information content (AvgIpc) is 3.06. The van der Waals surface area contributed by atoms with Gasteiger partial charge in [-0.25, -0.2) is 4.98 Å². The van der Waals surface area contributed by atoms with Gasteiger partial charge in [-0.3, -0.25) is 0 Å². The van der Waals surface area contributed by atoms with E-state index in [-0.39, 0.29) is 6.04 Å². The van der Waals surface area contributed by atoms with Crippen molar-refractivity contribution in [1.29, 1.82) is 0 Å². The topological polar surface area (TPSA) is 68.4 Å². The van der Waals surface area contributed by atoms with Gasteiger partial charge in [0.05, 0.1) is 13.2 Å². The van der Waals surface area contributed by atoms with Gasteiger partial charge in [0.25, 0.3) is 0 Å². The molecular formula is C15H19N3O3. The van der Waals surface area contributed by atoms with Crippen LogP contribution in [-0.2, 0) is 6.54 Å². The highest BCUT2D eigenvalue weighted by molar-refractivity contribution is 5.54. The van der Waals surface area contributed by atoms with Gasteiger partial charge in [0.15, 0.2) is 11.5 Å². The first-order valence-corrected chi connectivity index (χ1v) is 6.97. The number of benzene rings is 1. The summed E-state index contributed by atoms with van der Waals surface area (Å²) in [4.78, 5) is 7.35. The third kappa shape index (κ3) is 2.95. The van der Waals surface area contributed by atoms with Gasteiger partial charge in [-0.2, -0.15) is 0 Å². The fraction of sp³-hybridized carbons (Fsp3) is 0.400. The fourth-order valence-corrected chi connectivity index (χ4v) is 2.31. The zero-order valence-corrected chi connectivity index (χ0v) is 12.2. The van der Waals surface area contributed by atoms with Gasteiger partial charge >= 0.3 is 0 Å². The molecule has 0 bridgehead atoms. The minimum absolute atomic E-state index is 0.138. The maximum absolute atomic E-state index is 5.63. The molecule has 2 aromatic rings. The number of aromatic nitrogens is 2. The average molecular weight is 289 g/mol. The molecule has 0 aliphatic carbocycles. The lowest BCUT2D eigenvalue weighted by molar-refractivity contribution is 0.165. The predicted octanol–water partition coefficient (Wildman–Crippen LogP) is 2.04. The second-order valence-corrected chi connectivity index (χ2v) is 4.90. The molecule has 112 valence electrons. The molecule has 1 aromatic carbocycles. The number of fused-ring (bicyclic) bond motifs is 1. The molecule has 0 fully saturated rings. The number of hydrogen-bond acceptors (Lipinski definition) is 5. The summed E-state index contributed by atoms with van der Waals surface area (Å²) in [5.74, 6) is 3.05. The molecule has 21 heavy (non-hydrogen) atoms. The van der Waals surface area contributed by atoms with Crippen LogP contribution in [0.25, 0.3) is 0 Å². The van der Waals surface area contributed by atoms with E-state index in [0.717, 1.165) is 17.1 Å². The first-order valence-electron chi connectivity index (χ1n) is 6.97. The molecule has 6 heteroatoms. The van der Waals surface area contributed by atoms with Crippen LogP contribution in [0.2, 0.25) is 0 Å². The molecule has 1 aliphatic rings. The Morgan fingerprint density at radius 2 is 2.24 bits per heavy atom. The van der Waals surface area contributed by atoms with E-state index < -0.39 is 0 Å². The molecule has 0 spiro atoms. The van der Waals surface area contributed by atoms with Crippen LogP contribution in [0.5, 0.6) is 17.2 Å². The smallest absolute Gasteiger partial charge is 0.203 e. The maximum atomic E-state index is 5.63. The van der Waals surface area contributed by atoms with Crippen LogP contribution in [0.3, 0.4) is 0 Å². The Labute approximate surface area is 123 Å². The number of hydrogen-bond donors (Lipinski definition) is 2. The second-order valence-electron chi connectivity index (χ2n) is 4.90. The van der Waals surface area contributed by atoms with E-state index in [0.29, 0.717) is 31.3 Å². The molecule has 2 heterocycles. The fourth-order valence-electron chi connectivity index (χ4n) is 2.31. The Kier molecular flexibility index (Phi) is 3.96. The van der Waals surface area contributed by atoms with Gasteiger partial charge in [0.1, 0.15) is 19.0 Å². The van der Waals surface area contributed by atoms with Crippen molar-refractivity contribution in [2.24, 2.45) is 0 Å². The molecule has 1 unspecified atom stereocenters. The van der Waals surface area contributed by atoms with Crippen molar-refractivity contribution in [1.82, 2.24) is 15.3 Å². The Hall–Kier alpha value is -2.21. The van der Waals surface area contributed by atoms with E-state index in [1.807, 2.05) is 18.3 Å². The number of H-pyrrole nitrogens is 1. The van der Waals surface area contributed by atoms with Crippen LogP contribution < -0.4 is 19.5 Å². The molecule has 3 rings (SSSR count). The van der Waals surface area contributed by atoms with E-state index in [4.69, 9.17) is 14.2 Å². The molecule has 6 nitrogen and oxygen atoms in total. The van der Waals surface area contributed by atoms with E-state index in [1.54, 1.807) is 13.3 Å². The zero-order valence-electron chi connectivity index (χ0n) is 12.2. The van der Waals surface area contributed by atoms with E-state index in [1.165, 1.54) is 0 Å². The maximum Gasteiger partial charge on any atom is 0.203 e. The van der Waals surface area contributed by atoms with Gasteiger partial charge < -0.3 is 24.5 Å². The number of nitrogens with zero attached hydrogens (tertiary/aromatic N) is 1. The van der Waals surface area contributed by atoms with Gasteiger partial charge in [0.2, 0.25) is 5.75 Å². The van der Waals surface area contributed by atoms with Gasteiger partial charge in [-0.15, -0.1) is 0 Å².